The standard InChI is InChI=1S/C49H90O5/c1-4-7-10-13-16-18-20-22-23-24-25-26-28-30-32-35-38-41-44-52-45-47(54-49(51)43-40-37-33-15-12-9-6-3)46-53-48(50)42-39-36-34-31-29-27-21-19-17-14-11-8-5-2/h16,18-19,21-23,47H,4-15,17,20,24-46H2,1-3H3/b18-16-,21-19-,23-22-. The molecule has 0 spiro atoms. The quantitative estimate of drug-likeness (QED) is 0.0352. The van der Waals surface area contributed by atoms with Crippen LogP contribution in [0, 0.1) is 0 Å². The third-order valence-electron chi connectivity index (χ3n) is 10.1. The minimum absolute atomic E-state index is 0.0817. The van der Waals surface area contributed by atoms with Gasteiger partial charge in [0, 0.05) is 19.4 Å². The number of carbonyl (C=O) groups is 2. The molecule has 0 radical (unpaired) electrons. The molecule has 0 fully saturated rings. The Kier molecular flexibility index (Phi) is 43.9. The first-order valence-corrected chi connectivity index (χ1v) is 23.5. The zero-order valence-corrected chi connectivity index (χ0v) is 36.2. The van der Waals surface area contributed by atoms with Gasteiger partial charge < -0.3 is 14.2 Å². The molecule has 0 aliphatic heterocycles. The Balaban J connectivity index is 4.13. The van der Waals surface area contributed by atoms with Gasteiger partial charge in [-0.3, -0.25) is 9.59 Å². The van der Waals surface area contributed by atoms with Gasteiger partial charge in [-0.1, -0.05) is 186 Å². The molecule has 0 aromatic carbocycles. The smallest absolute Gasteiger partial charge is 0.306 e. The zero-order chi connectivity index (χ0) is 39.3. The van der Waals surface area contributed by atoms with Crippen molar-refractivity contribution in [2.24, 2.45) is 0 Å². The summed E-state index contributed by atoms with van der Waals surface area (Å²) in [6.45, 7) is 7.75. The fourth-order valence-electron chi connectivity index (χ4n) is 6.59. The number of unbranched alkanes of at least 4 members (excludes halogenated alkanes) is 26. The van der Waals surface area contributed by atoms with E-state index in [1.54, 1.807) is 0 Å². The van der Waals surface area contributed by atoms with Crippen molar-refractivity contribution in [2.75, 3.05) is 19.8 Å². The summed E-state index contributed by atoms with van der Waals surface area (Å²) in [6, 6.07) is 0. The van der Waals surface area contributed by atoms with E-state index >= 15 is 0 Å². The largest absolute Gasteiger partial charge is 0.462 e. The van der Waals surface area contributed by atoms with E-state index in [0.29, 0.717) is 19.4 Å². The van der Waals surface area contributed by atoms with Crippen LogP contribution in [0.1, 0.15) is 239 Å². The first kappa shape index (κ1) is 52.1. The van der Waals surface area contributed by atoms with Crippen LogP contribution in [0.3, 0.4) is 0 Å². The number of esters is 2. The minimum Gasteiger partial charge on any atom is -0.462 e. The van der Waals surface area contributed by atoms with Gasteiger partial charge in [0.1, 0.15) is 6.61 Å². The Morgan fingerprint density at radius 1 is 0.407 bits per heavy atom. The summed E-state index contributed by atoms with van der Waals surface area (Å²) in [5, 5.41) is 0. The van der Waals surface area contributed by atoms with E-state index in [1.165, 1.54) is 148 Å². The van der Waals surface area contributed by atoms with Crippen molar-refractivity contribution in [3.05, 3.63) is 36.5 Å². The highest BCUT2D eigenvalue weighted by molar-refractivity contribution is 5.70. The third-order valence-corrected chi connectivity index (χ3v) is 10.1. The van der Waals surface area contributed by atoms with Crippen molar-refractivity contribution in [1.29, 1.82) is 0 Å². The lowest BCUT2D eigenvalue weighted by Crippen LogP contribution is -2.30. The molecular weight excluding hydrogens is 669 g/mol. The Labute approximate surface area is 336 Å². The average molecular weight is 759 g/mol. The lowest BCUT2D eigenvalue weighted by Gasteiger charge is -2.18. The predicted molar refractivity (Wildman–Crippen MR) is 233 cm³/mol. The molecule has 0 N–H and O–H groups in total. The molecule has 0 aromatic heterocycles. The SMILES string of the molecule is CCCCC/C=C\C/C=C\CCCCCCCCCCOCC(COC(=O)CCCCCCC/C=C\CCCCCC)OC(=O)CCCCCCCCC. The van der Waals surface area contributed by atoms with Gasteiger partial charge in [-0.25, -0.2) is 0 Å². The van der Waals surface area contributed by atoms with Crippen LogP contribution in [0.4, 0.5) is 0 Å². The highest BCUT2D eigenvalue weighted by atomic mass is 16.6. The number of carbonyl (C=O) groups excluding carboxylic acids is 2. The van der Waals surface area contributed by atoms with Gasteiger partial charge >= 0.3 is 11.9 Å². The van der Waals surface area contributed by atoms with Gasteiger partial charge in [0.25, 0.3) is 0 Å². The van der Waals surface area contributed by atoms with Crippen LogP contribution < -0.4 is 0 Å². The summed E-state index contributed by atoms with van der Waals surface area (Å²) in [6.07, 6.45) is 52.9. The van der Waals surface area contributed by atoms with Crippen LogP contribution in [-0.4, -0.2) is 37.9 Å². The maximum Gasteiger partial charge on any atom is 0.306 e. The lowest BCUT2D eigenvalue weighted by atomic mass is 10.1. The lowest BCUT2D eigenvalue weighted by molar-refractivity contribution is -0.163. The van der Waals surface area contributed by atoms with Gasteiger partial charge in [0.05, 0.1) is 6.61 Å². The van der Waals surface area contributed by atoms with Gasteiger partial charge in [-0.05, 0) is 77.0 Å². The molecule has 1 atom stereocenters. The van der Waals surface area contributed by atoms with Gasteiger partial charge in [-0.15, -0.1) is 0 Å². The zero-order valence-electron chi connectivity index (χ0n) is 36.2. The molecule has 0 saturated carbocycles. The molecule has 0 rings (SSSR count). The van der Waals surface area contributed by atoms with E-state index in [1.807, 2.05) is 0 Å². The minimum atomic E-state index is -0.535. The maximum absolute atomic E-state index is 12.6. The van der Waals surface area contributed by atoms with Gasteiger partial charge in [-0.2, -0.15) is 0 Å². The number of rotatable bonds is 43. The molecule has 5 heteroatoms. The van der Waals surface area contributed by atoms with Crippen LogP contribution in [0.2, 0.25) is 0 Å². The van der Waals surface area contributed by atoms with Crippen LogP contribution in [-0.2, 0) is 23.8 Å². The fraction of sp³-hybridized carbons (Fsp3) is 0.837. The molecule has 0 aromatic rings. The summed E-state index contributed by atoms with van der Waals surface area (Å²) in [5.74, 6) is -0.410. The normalized spacial score (nSPS) is 12.4. The van der Waals surface area contributed by atoms with Crippen molar-refractivity contribution < 1.29 is 23.8 Å². The Morgan fingerprint density at radius 2 is 0.778 bits per heavy atom. The molecule has 54 heavy (non-hydrogen) atoms. The van der Waals surface area contributed by atoms with Crippen molar-refractivity contribution in [3.8, 4) is 0 Å². The van der Waals surface area contributed by atoms with Crippen LogP contribution >= 0.6 is 0 Å². The number of hydrogen-bond donors (Lipinski definition) is 0. The van der Waals surface area contributed by atoms with Crippen molar-refractivity contribution in [2.45, 2.75) is 245 Å². The predicted octanol–water partition coefficient (Wildman–Crippen LogP) is 15.4. The number of allylic oxidation sites excluding steroid dienone is 6. The summed E-state index contributed by atoms with van der Waals surface area (Å²) in [4.78, 5) is 25.1. The fourth-order valence-corrected chi connectivity index (χ4v) is 6.59. The molecule has 0 heterocycles. The third kappa shape index (κ3) is 42.9. The Morgan fingerprint density at radius 3 is 1.30 bits per heavy atom. The second-order valence-corrected chi connectivity index (χ2v) is 15.7. The van der Waals surface area contributed by atoms with E-state index in [4.69, 9.17) is 14.2 Å². The molecule has 5 nitrogen and oxygen atoms in total. The van der Waals surface area contributed by atoms with Crippen molar-refractivity contribution >= 4 is 11.9 Å². The molecule has 0 bridgehead atoms. The molecule has 316 valence electrons. The van der Waals surface area contributed by atoms with Crippen LogP contribution in [0.15, 0.2) is 36.5 Å². The summed E-state index contributed by atoms with van der Waals surface area (Å²) >= 11 is 0. The van der Waals surface area contributed by atoms with Crippen molar-refractivity contribution in [3.63, 3.8) is 0 Å². The number of hydrogen-bond acceptors (Lipinski definition) is 5. The summed E-state index contributed by atoms with van der Waals surface area (Å²) in [7, 11) is 0. The second-order valence-electron chi connectivity index (χ2n) is 15.7. The molecule has 1 unspecified atom stereocenters. The van der Waals surface area contributed by atoms with Crippen LogP contribution in [0.25, 0.3) is 0 Å². The van der Waals surface area contributed by atoms with Gasteiger partial charge in [0.15, 0.2) is 6.10 Å². The summed E-state index contributed by atoms with van der Waals surface area (Å²) < 4.78 is 17.3. The van der Waals surface area contributed by atoms with E-state index in [-0.39, 0.29) is 25.2 Å². The highest BCUT2D eigenvalue weighted by Gasteiger charge is 2.17. The first-order valence-electron chi connectivity index (χ1n) is 23.5. The Bertz CT molecular complexity index is 862. The highest BCUT2D eigenvalue weighted by Crippen LogP contribution is 2.13. The molecular formula is C49H90O5. The number of ether oxygens (including phenoxy) is 3. The second kappa shape index (κ2) is 45.5. The molecule has 0 aliphatic rings. The van der Waals surface area contributed by atoms with Crippen molar-refractivity contribution in [1.82, 2.24) is 0 Å². The summed E-state index contributed by atoms with van der Waals surface area (Å²) in [5.41, 5.74) is 0. The monoisotopic (exact) mass is 759 g/mol. The average Bonchev–Trinajstić information content (AvgIpc) is 3.17. The van der Waals surface area contributed by atoms with E-state index in [0.717, 1.165) is 57.8 Å². The topological polar surface area (TPSA) is 61.8 Å². The van der Waals surface area contributed by atoms with Crippen LogP contribution in [0.5, 0.6) is 0 Å². The van der Waals surface area contributed by atoms with Gasteiger partial charge in [0.2, 0.25) is 0 Å². The molecule has 0 aliphatic carbocycles. The Hall–Kier alpha value is -1.88. The first-order chi connectivity index (χ1) is 26.6. The van der Waals surface area contributed by atoms with E-state index in [9.17, 15) is 9.59 Å². The maximum atomic E-state index is 12.6. The van der Waals surface area contributed by atoms with E-state index < -0.39 is 6.10 Å². The molecule has 0 saturated heterocycles. The van der Waals surface area contributed by atoms with E-state index in [2.05, 4.69) is 57.2 Å². The molecule has 0 amide bonds.